The molecule has 0 aliphatic heterocycles. The van der Waals surface area contributed by atoms with Crippen LogP contribution in [0.2, 0.25) is 0 Å². The zero-order chi connectivity index (χ0) is 12.8. The summed E-state index contributed by atoms with van der Waals surface area (Å²) in [4.78, 5) is 0. The topological polar surface area (TPSA) is 47.3 Å². The van der Waals surface area contributed by atoms with Gasteiger partial charge in [-0.25, -0.2) is 4.39 Å². The number of rotatable bonds is 6. The quantitative estimate of drug-likeness (QED) is 0.847. The first-order valence-electron chi connectivity index (χ1n) is 5.49. The van der Waals surface area contributed by atoms with Gasteiger partial charge < -0.3 is 15.8 Å². The minimum atomic E-state index is -0.262. The molecular weight excluding hydrogens is 287 g/mol. The van der Waals surface area contributed by atoms with Gasteiger partial charge in [0.15, 0.2) is 0 Å². The van der Waals surface area contributed by atoms with Crippen LogP contribution < -0.4 is 11.1 Å². The Labute approximate surface area is 110 Å². The van der Waals surface area contributed by atoms with Crippen molar-refractivity contribution in [3.05, 3.63) is 34.1 Å². The van der Waals surface area contributed by atoms with Crippen molar-refractivity contribution in [2.24, 2.45) is 5.73 Å². The lowest BCUT2D eigenvalue weighted by molar-refractivity contribution is 0.114. The summed E-state index contributed by atoms with van der Waals surface area (Å²) in [6.07, 6.45) is 0.114. The largest absolute Gasteiger partial charge is 0.380 e. The van der Waals surface area contributed by atoms with Crippen LogP contribution in [0.4, 0.5) is 4.39 Å². The van der Waals surface area contributed by atoms with Gasteiger partial charge in [0, 0.05) is 30.7 Å². The van der Waals surface area contributed by atoms with Crippen LogP contribution in [0.5, 0.6) is 0 Å². The number of halogens is 2. The Kier molecular flexibility index (Phi) is 6.05. The van der Waals surface area contributed by atoms with E-state index in [1.54, 1.807) is 13.2 Å². The van der Waals surface area contributed by atoms with Crippen LogP contribution in [0.3, 0.4) is 0 Å². The summed E-state index contributed by atoms with van der Waals surface area (Å²) in [6, 6.07) is 4.60. The number of hydrogen-bond donors (Lipinski definition) is 2. The van der Waals surface area contributed by atoms with E-state index >= 15 is 0 Å². The van der Waals surface area contributed by atoms with Crippen molar-refractivity contribution in [3.63, 3.8) is 0 Å². The lowest BCUT2D eigenvalue weighted by Gasteiger charge is -2.20. The Morgan fingerprint density at radius 3 is 2.76 bits per heavy atom. The van der Waals surface area contributed by atoms with Gasteiger partial charge in [0.1, 0.15) is 5.82 Å². The summed E-state index contributed by atoms with van der Waals surface area (Å²) in [5, 5.41) is 3.29. The van der Waals surface area contributed by atoms with Crippen LogP contribution in [-0.4, -0.2) is 26.3 Å². The normalized spacial score (nSPS) is 14.6. The molecule has 0 saturated heterocycles. The van der Waals surface area contributed by atoms with E-state index < -0.39 is 0 Å². The molecule has 0 radical (unpaired) electrons. The SMILES string of the molecule is COC(C)CNC(CN)c1ccc(F)cc1Br. The maximum absolute atomic E-state index is 13.0. The average Bonchev–Trinajstić information content (AvgIpc) is 2.31. The lowest BCUT2D eigenvalue weighted by atomic mass is 10.1. The number of nitrogens with two attached hydrogens (primary N) is 1. The Hall–Kier alpha value is -0.490. The number of hydrogen-bond acceptors (Lipinski definition) is 3. The summed E-state index contributed by atoms with van der Waals surface area (Å²) in [5.74, 6) is -0.262. The summed E-state index contributed by atoms with van der Waals surface area (Å²) in [5.41, 5.74) is 6.68. The Morgan fingerprint density at radius 2 is 2.24 bits per heavy atom. The first-order chi connectivity index (χ1) is 8.08. The molecule has 1 aromatic rings. The molecule has 0 aromatic heterocycles. The molecule has 0 heterocycles. The summed E-state index contributed by atoms with van der Waals surface area (Å²) in [6.45, 7) is 3.11. The van der Waals surface area contributed by atoms with E-state index in [-0.39, 0.29) is 18.0 Å². The second-order valence-corrected chi connectivity index (χ2v) is 4.76. The average molecular weight is 305 g/mol. The lowest BCUT2D eigenvalue weighted by Crippen LogP contribution is -2.34. The number of ether oxygens (including phenoxy) is 1. The van der Waals surface area contributed by atoms with Crippen LogP contribution in [0.25, 0.3) is 0 Å². The van der Waals surface area contributed by atoms with Crippen molar-refractivity contribution in [1.29, 1.82) is 0 Å². The highest BCUT2D eigenvalue weighted by atomic mass is 79.9. The molecule has 0 fully saturated rings. The highest BCUT2D eigenvalue weighted by Crippen LogP contribution is 2.23. The van der Waals surface area contributed by atoms with E-state index in [0.29, 0.717) is 13.1 Å². The molecule has 0 saturated carbocycles. The van der Waals surface area contributed by atoms with Gasteiger partial charge in [0.25, 0.3) is 0 Å². The minimum Gasteiger partial charge on any atom is -0.380 e. The molecule has 0 spiro atoms. The molecule has 5 heteroatoms. The molecule has 0 aliphatic rings. The van der Waals surface area contributed by atoms with Gasteiger partial charge in [-0.2, -0.15) is 0 Å². The number of methoxy groups -OCH3 is 1. The fourth-order valence-corrected chi connectivity index (χ4v) is 2.12. The zero-order valence-corrected chi connectivity index (χ0v) is 11.6. The third kappa shape index (κ3) is 4.35. The van der Waals surface area contributed by atoms with Crippen molar-refractivity contribution in [3.8, 4) is 0 Å². The van der Waals surface area contributed by atoms with Gasteiger partial charge in [-0.05, 0) is 24.6 Å². The molecule has 3 N–H and O–H groups in total. The van der Waals surface area contributed by atoms with Gasteiger partial charge >= 0.3 is 0 Å². The van der Waals surface area contributed by atoms with E-state index in [4.69, 9.17) is 10.5 Å². The van der Waals surface area contributed by atoms with Crippen molar-refractivity contribution >= 4 is 15.9 Å². The number of benzene rings is 1. The summed E-state index contributed by atoms with van der Waals surface area (Å²) in [7, 11) is 1.66. The fraction of sp³-hybridized carbons (Fsp3) is 0.500. The zero-order valence-electron chi connectivity index (χ0n) is 10.0. The molecule has 0 aliphatic carbocycles. The van der Waals surface area contributed by atoms with E-state index in [0.717, 1.165) is 10.0 Å². The van der Waals surface area contributed by atoms with Crippen LogP contribution in [0.1, 0.15) is 18.5 Å². The Morgan fingerprint density at radius 1 is 1.53 bits per heavy atom. The van der Waals surface area contributed by atoms with Gasteiger partial charge in [-0.1, -0.05) is 22.0 Å². The molecule has 1 aromatic carbocycles. The molecule has 3 nitrogen and oxygen atoms in total. The van der Waals surface area contributed by atoms with Gasteiger partial charge in [0.05, 0.1) is 6.10 Å². The molecule has 1 rings (SSSR count). The molecule has 2 unspecified atom stereocenters. The van der Waals surface area contributed by atoms with Crippen LogP contribution in [-0.2, 0) is 4.74 Å². The van der Waals surface area contributed by atoms with E-state index in [2.05, 4.69) is 21.2 Å². The molecular formula is C12H18BrFN2O. The maximum atomic E-state index is 13.0. The van der Waals surface area contributed by atoms with Crippen LogP contribution >= 0.6 is 15.9 Å². The Balaban J connectivity index is 2.72. The van der Waals surface area contributed by atoms with E-state index in [1.807, 2.05) is 6.92 Å². The Bertz CT molecular complexity index is 362. The third-order valence-electron chi connectivity index (χ3n) is 2.63. The van der Waals surface area contributed by atoms with Crippen LogP contribution in [0, 0.1) is 5.82 Å². The van der Waals surface area contributed by atoms with Gasteiger partial charge in [0.2, 0.25) is 0 Å². The molecule has 17 heavy (non-hydrogen) atoms. The second kappa shape index (κ2) is 7.06. The van der Waals surface area contributed by atoms with Crippen molar-refractivity contribution < 1.29 is 9.13 Å². The summed E-state index contributed by atoms with van der Waals surface area (Å²) >= 11 is 3.35. The smallest absolute Gasteiger partial charge is 0.124 e. The van der Waals surface area contributed by atoms with E-state index in [1.165, 1.54) is 12.1 Å². The predicted molar refractivity (Wildman–Crippen MR) is 70.4 cm³/mol. The van der Waals surface area contributed by atoms with Crippen molar-refractivity contribution in [2.45, 2.75) is 19.1 Å². The second-order valence-electron chi connectivity index (χ2n) is 3.91. The van der Waals surface area contributed by atoms with Crippen molar-refractivity contribution in [2.75, 3.05) is 20.2 Å². The molecule has 0 amide bonds. The van der Waals surface area contributed by atoms with Gasteiger partial charge in [-0.3, -0.25) is 0 Å². The third-order valence-corrected chi connectivity index (χ3v) is 3.31. The standard InChI is InChI=1S/C12H18BrFN2O/c1-8(17-2)7-16-12(6-15)10-4-3-9(14)5-11(10)13/h3-5,8,12,16H,6-7,15H2,1-2H3. The van der Waals surface area contributed by atoms with Crippen LogP contribution in [0.15, 0.2) is 22.7 Å². The summed E-state index contributed by atoms with van der Waals surface area (Å²) < 4.78 is 18.9. The first kappa shape index (κ1) is 14.6. The predicted octanol–water partition coefficient (Wildman–Crippen LogP) is 2.21. The van der Waals surface area contributed by atoms with Crippen molar-refractivity contribution in [1.82, 2.24) is 5.32 Å². The number of nitrogens with one attached hydrogen (secondary N) is 1. The van der Waals surface area contributed by atoms with E-state index in [9.17, 15) is 4.39 Å². The van der Waals surface area contributed by atoms with Gasteiger partial charge in [-0.15, -0.1) is 0 Å². The minimum absolute atomic E-state index is 0.0115. The highest BCUT2D eigenvalue weighted by molar-refractivity contribution is 9.10. The molecule has 2 atom stereocenters. The molecule has 96 valence electrons. The molecule has 0 bridgehead atoms. The first-order valence-corrected chi connectivity index (χ1v) is 6.29. The maximum Gasteiger partial charge on any atom is 0.124 e. The fourth-order valence-electron chi connectivity index (χ4n) is 1.50. The highest BCUT2D eigenvalue weighted by Gasteiger charge is 2.14. The monoisotopic (exact) mass is 304 g/mol.